The monoisotopic (exact) mass is 253 g/mol. The molecule has 0 spiro atoms. The van der Waals surface area contributed by atoms with Gasteiger partial charge in [0.1, 0.15) is 0 Å². The third-order valence-corrected chi connectivity index (χ3v) is 3.61. The Kier molecular flexibility index (Phi) is 2.93. The van der Waals surface area contributed by atoms with E-state index in [0.29, 0.717) is 5.92 Å². The van der Waals surface area contributed by atoms with Crippen molar-refractivity contribution in [2.24, 2.45) is 23.7 Å². The molecule has 1 heterocycles. The Hall–Kier alpha value is -0.340. The minimum atomic E-state index is 0. The summed E-state index contributed by atoms with van der Waals surface area (Å²) in [4.78, 5) is 0. The summed E-state index contributed by atoms with van der Waals surface area (Å²) in [5.74, 6) is 3.06. The number of hydrogen-bond donors (Lipinski definition) is 1. The van der Waals surface area contributed by atoms with Gasteiger partial charge in [0, 0.05) is 12.5 Å². The molecule has 0 aromatic heterocycles. The maximum atomic E-state index is 3.49. The predicted molar refractivity (Wildman–Crippen MR) is 64.6 cm³/mol. The normalized spacial score (nSPS) is 42.9. The fraction of sp³-hybridized carbons (Fsp3) is 0.500. The lowest BCUT2D eigenvalue weighted by Gasteiger charge is -2.33. The lowest BCUT2D eigenvalue weighted by molar-refractivity contribution is 0.312. The van der Waals surface area contributed by atoms with Crippen molar-refractivity contribution >= 4 is 17.0 Å². The van der Waals surface area contributed by atoms with E-state index in [4.69, 9.17) is 0 Å². The van der Waals surface area contributed by atoms with Crippen molar-refractivity contribution in [3.05, 3.63) is 36.5 Å². The van der Waals surface area contributed by atoms with Crippen molar-refractivity contribution in [1.29, 1.82) is 0 Å². The smallest absolute Gasteiger partial charge is 0.00177 e. The van der Waals surface area contributed by atoms with Gasteiger partial charge >= 0.3 is 0 Å². The highest BCUT2D eigenvalue weighted by Crippen LogP contribution is 2.39. The predicted octanol–water partition coefficient (Wildman–Crippen LogP) is 2.33. The van der Waals surface area contributed by atoms with Gasteiger partial charge in [0.2, 0.25) is 0 Å². The van der Waals surface area contributed by atoms with E-state index in [1.165, 1.54) is 13.1 Å². The van der Waals surface area contributed by atoms with E-state index in [-0.39, 0.29) is 17.0 Å². The van der Waals surface area contributed by atoms with E-state index >= 15 is 0 Å². The number of hydrogen-bond acceptors (Lipinski definition) is 1. The number of rotatable bonds is 0. The summed E-state index contributed by atoms with van der Waals surface area (Å²) in [6.07, 6.45) is 13.9. The molecule has 0 aromatic carbocycles. The Bertz CT molecular complexity index is 293. The minimum absolute atomic E-state index is 0. The standard InChI is InChI=1S/C12H15N.BrH/c1-2-4-11-9(3-1)5-6-10-7-13-8-12(10)11;/h1-6,9-13H,7-8H2;1H. The molecule has 4 atom stereocenters. The first-order valence-electron chi connectivity index (χ1n) is 5.19. The molecule has 0 aromatic rings. The average molecular weight is 254 g/mol. The second-order valence-electron chi connectivity index (χ2n) is 4.30. The Labute approximate surface area is 95.7 Å². The maximum Gasteiger partial charge on any atom is 0.00177 e. The Morgan fingerprint density at radius 1 is 0.929 bits per heavy atom. The van der Waals surface area contributed by atoms with Gasteiger partial charge in [0.05, 0.1) is 0 Å². The van der Waals surface area contributed by atoms with Gasteiger partial charge in [-0.05, 0) is 24.3 Å². The fourth-order valence-electron chi connectivity index (χ4n) is 2.88. The van der Waals surface area contributed by atoms with E-state index in [9.17, 15) is 0 Å². The third kappa shape index (κ3) is 1.51. The number of fused-ring (bicyclic) bond motifs is 3. The summed E-state index contributed by atoms with van der Waals surface area (Å²) in [7, 11) is 0. The molecule has 1 N–H and O–H groups in total. The Morgan fingerprint density at radius 2 is 1.79 bits per heavy atom. The fourth-order valence-corrected chi connectivity index (χ4v) is 2.88. The van der Waals surface area contributed by atoms with Crippen molar-refractivity contribution in [2.45, 2.75) is 0 Å². The maximum absolute atomic E-state index is 3.49. The molecule has 0 saturated carbocycles. The van der Waals surface area contributed by atoms with Crippen molar-refractivity contribution in [3.63, 3.8) is 0 Å². The van der Waals surface area contributed by atoms with E-state index in [1.54, 1.807) is 0 Å². The van der Waals surface area contributed by atoms with Crippen LogP contribution in [0.4, 0.5) is 0 Å². The van der Waals surface area contributed by atoms with Crippen LogP contribution in [0.15, 0.2) is 36.5 Å². The van der Waals surface area contributed by atoms with Gasteiger partial charge in [-0.3, -0.25) is 0 Å². The van der Waals surface area contributed by atoms with Gasteiger partial charge in [0.15, 0.2) is 0 Å². The summed E-state index contributed by atoms with van der Waals surface area (Å²) in [5.41, 5.74) is 0. The number of halogens is 1. The molecule has 0 radical (unpaired) electrons. The third-order valence-electron chi connectivity index (χ3n) is 3.61. The Balaban J connectivity index is 0.000000750. The van der Waals surface area contributed by atoms with Crippen LogP contribution < -0.4 is 5.32 Å². The van der Waals surface area contributed by atoms with Crippen LogP contribution in [0.25, 0.3) is 0 Å². The van der Waals surface area contributed by atoms with Crippen molar-refractivity contribution in [2.75, 3.05) is 13.1 Å². The molecule has 0 bridgehead atoms. The van der Waals surface area contributed by atoms with Crippen molar-refractivity contribution < 1.29 is 0 Å². The molecule has 0 amide bonds. The molecule has 1 nitrogen and oxygen atoms in total. The molecular formula is C12H16BrN. The second kappa shape index (κ2) is 4.03. The second-order valence-corrected chi connectivity index (χ2v) is 4.30. The molecule has 76 valence electrons. The summed E-state index contributed by atoms with van der Waals surface area (Å²) >= 11 is 0. The average Bonchev–Trinajstić information content (AvgIpc) is 2.65. The quantitative estimate of drug-likeness (QED) is 0.654. The molecule has 2 heteroatoms. The summed E-state index contributed by atoms with van der Waals surface area (Å²) < 4.78 is 0. The zero-order valence-electron chi connectivity index (χ0n) is 8.10. The topological polar surface area (TPSA) is 12.0 Å². The van der Waals surface area contributed by atoms with Gasteiger partial charge in [-0.25, -0.2) is 0 Å². The molecule has 3 rings (SSSR count). The first-order chi connectivity index (χ1) is 6.45. The van der Waals surface area contributed by atoms with Crippen LogP contribution in [0, 0.1) is 23.7 Å². The van der Waals surface area contributed by atoms with Crippen LogP contribution in [0.5, 0.6) is 0 Å². The van der Waals surface area contributed by atoms with Gasteiger partial charge in [-0.1, -0.05) is 36.5 Å². The van der Waals surface area contributed by atoms with Crippen LogP contribution in [0.3, 0.4) is 0 Å². The lowest BCUT2D eigenvalue weighted by Crippen LogP contribution is -2.29. The van der Waals surface area contributed by atoms with Crippen LogP contribution in [0.1, 0.15) is 0 Å². The zero-order chi connectivity index (χ0) is 8.67. The zero-order valence-corrected chi connectivity index (χ0v) is 9.81. The molecule has 1 aliphatic heterocycles. The molecule has 1 saturated heterocycles. The van der Waals surface area contributed by atoms with Crippen LogP contribution in [-0.2, 0) is 0 Å². The van der Waals surface area contributed by atoms with Gasteiger partial charge < -0.3 is 5.32 Å². The number of nitrogens with one attached hydrogen (secondary N) is 1. The van der Waals surface area contributed by atoms with Crippen molar-refractivity contribution in [1.82, 2.24) is 5.32 Å². The highest BCUT2D eigenvalue weighted by atomic mass is 79.9. The first-order valence-corrected chi connectivity index (χ1v) is 5.19. The highest BCUT2D eigenvalue weighted by Gasteiger charge is 2.36. The lowest BCUT2D eigenvalue weighted by atomic mass is 9.70. The summed E-state index contributed by atoms with van der Waals surface area (Å²) in [5, 5.41) is 3.49. The first kappa shape index (κ1) is 10.2. The van der Waals surface area contributed by atoms with Crippen molar-refractivity contribution in [3.8, 4) is 0 Å². The van der Waals surface area contributed by atoms with Gasteiger partial charge in [0.25, 0.3) is 0 Å². The van der Waals surface area contributed by atoms with Gasteiger partial charge in [-0.2, -0.15) is 0 Å². The Morgan fingerprint density at radius 3 is 2.71 bits per heavy atom. The largest absolute Gasteiger partial charge is 0.316 e. The van der Waals surface area contributed by atoms with E-state index in [1.807, 2.05) is 0 Å². The molecule has 1 fully saturated rings. The van der Waals surface area contributed by atoms with E-state index in [2.05, 4.69) is 41.8 Å². The molecular weight excluding hydrogens is 238 g/mol. The highest BCUT2D eigenvalue weighted by molar-refractivity contribution is 8.93. The molecule has 2 aliphatic carbocycles. The van der Waals surface area contributed by atoms with Crippen LogP contribution >= 0.6 is 17.0 Å². The SMILES string of the molecule is Br.C1=CC2C=CC3CNCC3C2C=C1. The molecule has 3 aliphatic rings. The molecule has 14 heavy (non-hydrogen) atoms. The van der Waals surface area contributed by atoms with E-state index in [0.717, 1.165) is 17.8 Å². The van der Waals surface area contributed by atoms with Crippen LogP contribution in [0.2, 0.25) is 0 Å². The van der Waals surface area contributed by atoms with E-state index < -0.39 is 0 Å². The van der Waals surface area contributed by atoms with Crippen LogP contribution in [-0.4, -0.2) is 13.1 Å². The summed E-state index contributed by atoms with van der Waals surface area (Å²) in [6.45, 7) is 2.39. The number of allylic oxidation sites excluding steroid dienone is 5. The minimum Gasteiger partial charge on any atom is -0.316 e. The molecule has 4 unspecified atom stereocenters. The van der Waals surface area contributed by atoms with Gasteiger partial charge in [-0.15, -0.1) is 17.0 Å². The summed E-state index contributed by atoms with van der Waals surface area (Å²) in [6, 6.07) is 0.